The zero-order valence-corrected chi connectivity index (χ0v) is 17.2. The predicted octanol–water partition coefficient (Wildman–Crippen LogP) is 0.704. The molecular formula is C19H30N4O3S. The number of aryl methyl sites for hydroxylation is 2. The molecule has 0 radical (unpaired) electrons. The molecule has 1 heterocycles. The fraction of sp³-hybridized carbons (Fsp3) is 0.579. The highest BCUT2D eigenvalue weighted by molar-refractivity contribution is 7.91. The average Bonchev–Trinajstić information content (AvgIpc) is 2.91. The Labute approximate surface area is 162 Å². The van der Waals surface area contributed by atoms with Crippen LogP contribution in [0.1, 0.15) is 29.5 Å². The van der Waals surface area contributed by atoms with E-state index in [1.54, 1.807) is 7.05 Å². The molecule has 7 nitrogen and oxygen atoms in total. The fourth-order valence-corrected chi connectivity index (χ4v) is 4.94. The van der Waals surface area contributed by atoms with Gasteiger partial charge >= 0.3 is 0 Å². The van der Waals surface area contributed by atoms with Crippen molar-refractivity contribution in [2.45, 2.75) is 39.2 Å². The number of carbonyl (C=O) groups excluding carboxylic acids is 1. The predicted molar refractivity (Wildman–Crippen MR) is 109 cm³/mol. The van der Waals surface area contributed by atoms with Gasteiger partial charge in [0, 0.05) is 32.6 Å². The van der Waals surface area contributed by atoms with Crippen molar-refractivity contribution in [3.8, 4) is 0 Å². The Kier molecular flexibility index (Phi) is 7.65. The van der Waals surface area contributed by atoms with Gasteiger partial charge in [-0.15, -0.1) is 0 Å². The third-order valence-electron chi connectivity index (χ3n) is 4.45. The van der Waals surface area contributed by atoms with Crippen LogP contribution in [0.25, 0.3) is 0 Å². The average molecular weight is 395 g/mol. The van der Waals surface area contributed by atoms with Gasteiger partial charge in [0.15, 0.2) is 15.8 Å². The van der Waals surface area contributed by atoms with Crippen LogP contribution in [0.5, 0.6) is 0 Å². The molecule has 1 aromatic rings. The van der Waals surface area contributed by atoms with E-state index in [1.165, 1.54) is 16.7 Å². The molecule has 1 saturated heterocycles. The van der Waals surface area contributed by atoms with Crippen LogP contribution in [0.2, 0.25) is 0 Å². The van der Waals surface area contributed by atoms with Crippen LogP contribution in [-0.4, -0.2) is 58.0 Å². The largest absolute Gasteiger partial charge is 0.356 e. The van der Waals surface area contributed by atoms with E-state index in [9.17, 15) is 13.2 Å². The molecule has 3 N–H and O–H groups in total. The lowest BCUT2D eigenvalue weighted by Gasteiger charge is -2.14. The number of aliphatic imine (C=N–C) groups is 1. The summed E-state index contributed by atoms with van der Waals surface area (Å²) in [6.45, 7) is 5.37. The first-order valence-electron chi connectivity index (χ1n) is 9.29. The number of nitrogens with one attached hydrogen (secondary N) is 3. The normalized spacial score (nSPS) is 18.9. The van der Waals surface area contributed by atoms with Gasteiger partial charge in [-0.25, -0.2) is 8.42 Å². The van der Waals surface area contributed by atoms with E-state index in [-0.39, 0.29) is 29.9 Å². The molecule has 0 spiro atoms. The van der Waals surface area contributed by atoms with Crippen LogP contribution < -0.4 is 16.0 Å². The Morgan fingerprint density at radius 3 is 2.41 bits per heavy atom. The van der Waals surface area contributed by atoms with E-state index in [2.05, 4.69) is 53.0 Å². The molecule has 1 fully saturated rings. The third kappa shape index (κ3) is 7.58. The molecule has 1 aromatic carbocycles. The summed E-state index contributed by atoms with van der Waals surface area (Å²) in [6, 6.07) is 6.26. The van der Waals surface area contributed by atoms with Gasteiger partial charge in [-0.3, -0.25) is 9.79 Å². The van der Waals surface area contributed by atoms with Crippen molar-refractivity contribution >= 4 is 21.7 Å². The summed E-state index contributed by atoms with van der Waals surface area (Å²) in [6.07, 6.45) is 1.66. The van der Waals surface area contributed by atoms with Gasteiger partial charge in [0.1, 0.15) is 0 Å². The van der Waals surface area contributed by atoms with Crippen molar-refractivity contribution < 1.29 is 13.2 Å². The highest BCUT2D eigenvalue weighted by Crippen LogP contribution is 2.11. The van der Waals surface area contributed by atoms with E-state index >= 15 is 0 Å². The minimum absolute atomic E-state index is 0.0494. The van der Waals surface area contributed by atoms with E-state index in [0.29, 0.717) is 18.9 Å². The Bertz CT molecular complexity index is 770. The third-order valence-corrected chi connectivity index (χ3v) is 6.22. The molecule has 27 heavy (non-hydrogen) atoms. The maximum atomic E-state index is 11.9. The molecule has 150 valence electrons. The maximum absolute atomic E-state index is 11.9. The number of guanidine groups is 1. The van der Waals surface area contributed by atoms with Crippen molar-refractivity contribution in [1.82, 2.24) is 16.0 Å². The molecule has 8 heteroatoms. The van der Waals surface area contributed by atoms with Gasteiger partial charge in [0.2, 0.25) is 5.91 Å². The van der Waals surface area contributed by atoms with Crippen molar-refractivity contribution in [2.24, 2.45) is 4.99 Å². The highest BCUT2D eigenvalue weighted by Gasteiger charge is 2.28. The molecule has 0 aliphatic carbocycles. The van der Waals surface area contributed by atoms with Crippen LogP contribution >= 0.6 is 0 Å². The summed E-state index contributed by atoms with van der Waals surface area (Å²) in [5.41, 5.74) is 3.79. The van der Waals surface area contributed by atoms with Crippen LogP contribution in [0.4, 0.5) is 0 Å². The number of sulfone groups is 1. The first kappa shape index (κ1) is 21.2. The number of benzene rings is 1. The second-order valence-corrected chi connectivity index (χ2v) is 9.32. The van der Waals surface area contributed by atoms with Crippen LogP contribution in [-0.2, 0) is 21.1 Å². The maximum Gasteiger partial charge on any atom is 0.222 e. The van der Waals surface area contributed by atoms with Crippen molar-refractivity contribution in [3.63, 3.8) is 0 Å². The smallest absolute Gasteiger partial charge is 0.222 e. The molecular weight excluding hydrogens is 364 g/mol. The minimum atomic E-state index is -2.98. The number of carbonyl (C=O) groups is 1. The fourth-order valence-electron chi connectivity index (χ4n) is 3.26. The first-order valence-corrected chi connectivity index (χ1v) is 11.1. The molecule has 1 amide bonds. The van der Waals surface area contributed by atoms with Gasteiger partial charge in [-0.05, 0) is 32.3 Å². The Hall–Kier alpha value is -2.09. The van der Waals surface area contributed by atoms with Gasteiger partial charge in [-0.1, -0.05) is 29.3 Å². The summed E-state index contributed by atoms with van der Waals surface area (Å²) in [4.78, 5) is 16.1. The molecule has 1 aliphatic heterocycles. The quantitative estimate of drug-likeness (QED) is 0.467. The topological polar surface area (TPSA) is 99.7 Å². The summed E-state index contributed by atoms with van der Waals surface area (Å²) in [5, 5.41) is 9.14. The summed E-state index contributed by atoms with van der Waals surface area (Å²) >= 11 is 0. The van der Waals surface area contributed by atoms with Gasteiger partial charge < -0.3 is 16.0 Å². The number of hydrogen-bond donors (Lipinski definition) is 3. The Balaban J connectivity index is 1.65. The summed E-state index contributed by atoms with van der Waals surface area (Å²) < 4.78 is 22.8. The number of hydrogen-bond acceptors (Lipinski definition) is 4. The number of rotatable bonds is 7. The van der Waals surface area contributed by atoms with Crippen LogP contribution in [0, 0.1) is 13.8 Å². The first-order chi connectivity index (χ1) is 12.8. The lowest BCUT2D eigenvalue weighted by Crippen LogP contribution is -2.41. The van der Waals surface area contributed by atoms with Crippen LogP contribution in [0.3, 0.4) is 0 Å². The number of nitrogens with zero attached hydrogens (tertiary/aromatic N) is 1. The lowest BCUT2D eigenvalue weighted by molar-refractivity contribution is -0.121. The second kappa shape index (κ2) is 9.73. The molecule has 1 aliphatic rings. The van der Waals surface area contributed by atoms with Crippen molar-refractivity contribution in [2.75, 3.05) is 31.6 Å². The van der Waals surface area contributed by atoms with Gasteiger partial charge in [0.25, 0.3) is 0 Å². The highest BCUT2D eigenvalue weighted by atomic mass is 32.2. The summed E-state index contributed by atoms with van der Waals surface area (Å²) in [5.74, 6) is 0.715. The number of amides is 1. The van der Waals surface area contributed by atoms with E-state index in [1.807, 2.05) is 0 Å². The Morgan fingerprint density at radius 1 is 1.15 bits per heavy atom. The standard InChI is InChI=1S/C19H30N4O3S/c1-14-10-15(2)12-16(11-14)4-7-21-19(20-3)22-8-5-18(24)23-17-6-9-27(25,26)13-17/h10-12,17H,4-9,13H2,1-3H3,(H,23,24)(H2,20,21,22). The zero-order chi connectivity index (χ0) is 19.9. The minimum Gasteiger partial charge on any atom is -0.356 e. The molecule has 1 atom stereocenters. The lowest BCUT2D eigenvalue weighted by atomic mass is 10.1. The SMILES string of the molecule is CN=C(NCCC(=O)NC1CCS(=O)(=O)C1)NCCc1cc(C)cc(C)c1. The second-order valence-electron chi connectivity index (χ2n) is 7.09. The molecule has 2 rings (SSSR count). The molecule has 0 bridgehead atoms. The van der Waals surface area contributed by atoms with Crippen LogP contribution in [0.15, 0.2) is 23.2 Å². The van der Waals surface area contributed by atoms with Gasteiger partial charge in [-0.2, -0.15) is 0 Å². The van der Waals surface area contributed by atoms with Gasteiger partial charge in [0.05, 0.1) is 11.5 Å². The summed E-state index contributed by atoms with van der Waals surface area (Å²) in [7, 11) is -1.29. The Morgan fingerprint density at radius 2 is 1.81 bits per heavy atom. The molecule has 0 saturated carbocycles. The van der Waals surface area contributed by atoms with Crippen molar-refractivity contribution in [3.05, 3.63) is 34.9 Å². The van der Waals surface area contributed by atoms with E-state index in [4.69, 9.17) is 0 Å². The molecule has 0 aromatic heterocycles. The van der Waals surface area contributed by atoms with E-state index in [0.717, 1.165) is 13.0 Å². The van der Waals surface area contributed by atoms with Crippen molar-refractivity contribution in [1.29, 1.82) is 0 Å². The van der Waals surface area contributed by atoms with E-state index < -0.39 is 9.84 Å². The zero-order valence-electron chi connectivity index (χ0n) is 16.3. The molecule has 1 unspecified atom stereocenters. The monoisotopic (exact) mass is 394 g/mol.